The van der Waals surface area contributed by atoms with Gasteiger partial charge in [-0.15, -0.1) is 11.8 Å². The standard InChI is InChI=1S/C25H22F3N3O6S/c1-29-15(7-14-8-17(27)18(28)10-16(14)26)9-22(32)31-4-5-38-24(31)23(33)30-11-13-2-3-19-20(6-13)36-12-21(37-19)25(34)35/h1-3,6,8,10,15,21,24H,4-5,7,9,11-12H2,(H-,30,33,34,35)/p+1/t15-,21?,24?/m1/s1. The van der Waals surface area contributed by atoms with E-state index < -0.39 is 52.8 Å². The van der Waals surface area contributed by atoms with E-state index in [-0.39, 0.29) is 37.3 Å². The number of hydrogen-bond acceptors (Lipinski definition) is 6. The molecule has 2 amide bonds. The summed E-state index contributed by atoms with van der Waals surface area (Å²) in [7, 11) is 0. The number of nitrogens with zero attached hydrogens (tertiary/aromatic N) is 2. The van der Waals surface area contributed by atoms with E-state index in [0.717, 1.165) is 0 Å². The van der Waals surface area contributed by atoms with E-state index in [0.29, 0.717) is 35.7 Å². The molecule has 2 aromatic carbocycles. The number of nitrogens with one attached hydrogen (secondary N) is 1. The Morgan fingerprint density at radius 1 is 1.16 bits per heavy atom. The molecule has 9 nitrogen and oxygen atoms in total. The van der Waals surface area contributed by atoms with Crippen LogP contribution in [-0.4, -0.2) is 64.2 Å². The SMILES string of the molecule is C#[N+][C@@H](CC(=O)N1CCSC1C(=O)NCc1ccc2c(c1)OCC(C(=O)O)O2)Cc1cc(F)c(F)cc1F. The Kier molecular flexibility index (Phi) is 8.31. The first-order valence-corrected chi connectivity index (χ1v) is 12.6. The molecule has 4 rings (SSSR count). The number of aliphatic carboxylic acids is 1. The van der Waals surface area contributed by atoms with Crippen molar-refractivity contribution in [3.63, 3.8) is 0 Å². The molecule has 0 saturated carbocycles. The Labute approximate surface area is 219 Å². The number of benzene rings is 2. The number of hydrogen-bond donors (Lipinski definition) is 2. The van der Waals surface area contributed by atoms with Crippen LogP contribution in [0.5, 0.6) is 11.5 Å². The molecule has 2 aromatic rings. The predicted octanol–water partition coefficient (Wildman–Crippen LogP) is 2.81. The first-order valence-electron chi connectivity index (χ1n) is 11.5. The zero-order chi connectivity index (χ0) is 27.4. The van der Waals surface area contributed by atoms with Crippen molar-refractivity contribution in [1.29, 1.82) is 0 Å². The van der Waals surface area contributed by atoms with Gasteiger partial charge in [0.05, 0.1) is 6.42 Å². The minimum atomic E-state index is -1.32. The lowest BCUT2D eigenvalue weighted by atomic mass is 10.0. The van der Waals surface area contributed by atoms with E-state index >= 15 is 0 Å². The second-order valence-electron chi connectivity index (χ2n) is 8.63. The Morgan fingerprint density at radius 3 is 2.66 bits per heavy atom. The van der Waals surface area contributed by atoms with Gasteiger partial charge in [-0.3, -0.25) is 9.59 Å². The highest BCUT2D eigenvalue weighted by molar-refractivity contribution is 8.00. The number of carbonyl (C=O) groups excluding carboxylic acids is 2. The first-order chi connectivity index (χ1) is 18.2. The van der Waals surface area contributed by atoms with Gasteiger partial charge in [0.1, 0.15) is 18.8 Å². The van der Waals surface area contributed by atoms with Gasteiger partial charge < -0.3 is 24.8 Å². The summed E-state index contributed by atoms with van der Waals surface area (Å²) >= 11 is 1.27. The number of ether oxygens (including phenoxy) is 2. The summed E-state index contributed by atoms with van der Waals surface area (Å²) in [6.45, 7) is 5.67. The molecule has 0 spiro atoms. The summed E-state index contributed by atoms with van der Waals surface area (Å²) in [5.74, 6) is -4.35. The maximum Gasteiger partial charge on any atom is 0.348 e. The van der Waals surface area contributed by atoms with E-state index in [9.17, 15) is 27.6 Å². The molecular weight excluding hydrogens is 527 g/mol. The number of carbonyl (C=O) groups is 3. The molecule has 2 aliphatic heterocycles. The summed E-state index contributed by atoms with van der Waals surface area (Å²) in [5, 5.41) is 11.0. The number of fused-ring (bicyclic) bond motifs is 1. The fourth-order valence-electron chi connectivity index (χ4n) is 4.04. The van der Waals surface area contributed by atoms with Crippen LogP contribution in [-0.2, 0) is 27.3 Å². The largest absolute Gasteiger partial charge is 0.485 e. The van der Waals surface area contributed by atoms with Crippen LogP contribution >= 0.6 is 11.8 Å². The van der Waals surface area contributed by atoms with Crippen LogP contribution in [0, 0.1) is 24.0 Å². The van der Waals surface area contributed by atoms with Gasteiger partial charge in [-0.05, 0) is 29.3 Å². The van der Waals surface area contributed by atoms with Crippen LogP contribution in [0.4, 0.5) is 13.2 Å². The van der Waals surface area contributed by atoms with Crippen LogP contribution in [0.15, 0.2) is 30.3 Å². The van der Waals surface area contributed by atoms with Gasteiger partial charge in [-0.25, -0.2) is 18.0 Å². The van der Waals surface area contributed by atoms with Crippen molar-refractivity contribution in [1.82, 2.24) is 10.2 Å². The zero-order valence-corrected chi connectivity index (χ0v) is 20.7. The Morgan fingerprint density at radius 2 is 1.92 bits per heavy atom. The summed E-state index contributed by atoms with van der Waals surface area (Å²) < 4.78 is 51.6. The van der Waals surface area contributed by atoms with Gasteiger partial charge in [0.2, 0.25) is 12.0 Å². The molecular formula is C25H23F3N3O6S+. The fourth-order valence-corrected chi connectivity index (χ4v) is 5.20. The average molecular weight is 551 g/mol. The maximum absolute atomic E-state index is 14.0. The van der Waals surface area contributed by atoms with Gasteiger partial charge >= 0.3 is 5.97 Å². The molecule has 2 aliphatic rings. The van der Waals surface area contributed by atoms with Crippen LogP contribution in [0.3, 0.4) is 0 Å². The minimum Gasteiger partial charge on any atom is -0.485 e. The number of rotatable bonds is 8. The molecule has 0 bridgehead atoms. The van der Waals surface area contributed by atoms with E-state index in [1.165, 1.54) is 16.7 Å². The molecule has 1 saturated heterocycles. The summed E-state index contributed by atoms with van der Waals surface area (Å²) in [5.41, 5.74) is 0.504. The average Bonchev–Trinajstić information content (AvgIpc) is 3.39. The van der Waals surface area contributed by atoms with Gasteiger partial charge in [0, 0.05) is 24.9 Å². The van der Waals surface area contributed by atoms with Crippen molar-refractivity contribution in [3.8, 4) is 18.1 Å². The smallest absolute Gasteiger partial charge is 0.348 e. The van der Waals surface area contributed by atoms with Crippen molar-refractivity contribution in [3.05, 3.63) is 63.8 Å². The number of thioether (sulfide) groups is 1. The highest BCUT2D eigenvalue weighted by Crippen LogP contribution is 2.33. The lowest BCUT2D eigenvalue weighted by Crippen LogP contribution is -2.45. The van der Waals surface area contributed by atoms with Crippen LogP contribution in [0.2, 0.25) is 0 Å². The van der Waals surface area contributed by atoms with Crippen molar-refractivity contribution >= 4 is 29.5 Å². The third kappa shape index (κ3) is 6.13. The Hall–Kier alpha value is -3.92. The molecule has 2 unspecified atom stereocenters. The van der Waals surface area contributed by atoms with Crippen LogP contribution in [0.25, 0.3) is 4.85 Å². The molecule has 1 fully saturated rings. The molecule has 0 aromatic heterocycles. The van der Waals surface area contributed by atoms with E-state index in [2.05, 4.69) is 10.2 Å². The van der Waals surface area contributed by atoms with Gasteiger partial charge in [0.15, 0.2) is 28.5 Å². The second-order valence-corrected chi connectivity index (χ2v) is 9.82. The number of halogens is 3. The van der Waals surface area contributed by atoms with Gasteiger partial charge in [-0.2, -0.15) is 0 Å². The fraction of sp³-hybridized carbons (Fsp3) is 0.360. The second kappa shape index (κ2) is 11.6. The van der Waals surface area contributed by atoms with Crippen molar-refractivity contribution < 1.29 is 42.1 Å². The van der Waals surface area contributed by atoms with E-state index in [1.807, 2.05) is 0 Å². The van der Waals surface area contributed by atoms with Gasteiger partial charge in [0.25, 0.3) is 18.5 Å². The zero-order valence-electron chi connectivity index (χ0n) is 19.9. The molecule has 2 N–H and O–H groups in total. The number of carboxylic acid groups (broad SMARTS) is 1. The normalized spacial score (nSPS) is 18.9. The lowest BCUT2D eigenvalue weighted by molar-refractivity contribution is -0.147. The predicted molar refractivity (Wildman–Crippen MR) is 131 cm³/mol. The third-order valence-electron chi connectivity index (χ3n) is 6.01. The van der Waals surface area contributed by atoms with Crippen molar-refractivity contribution in [2.45, 2.75) is 36.9 Å². The number of amides is 2. The van der Waals surface area contributed by atoms with Gasteiger partial charge in [-0.1, -0.05) is 10.9 Å². The lowest BCUT2D eigenvalue weighted by Gasteiger charge is -2.25. The highest BCUT2D eigenvalue weighted by Gasteiger charge is 2.37. The monoisotopic (exact) mass is 550 g/mol. The summed E-state index contributed by atoms with van der Waals surface area (Å²) in [6, 6.07) is 5.06. The van der Waals surface area contributed by atoms with Crippen molar-refractivity contribution in [2.24, 2.45) is 0 Å². The quantitative estimate of drug-likeness (QED) is 0.487. The van der Waals surface area contributed by atoms with Crippen LogP contribution in [0.1, 0.15) is 17.5 Å². The summed E-state index contributed by atoms with van der Waals surface area (Å²) in [4.78, 5) is 41.9. The van der Waals surface area contributed by atoms with Crippen molar-refractivity contribution in [2.75, 3.05) is 18.9 Å². The third-order valence-corrected chi connectivity index (χ3v) is 7.21. The molecule has 13 heteroatoms. The highest BCUT2D eigenvalue weighted by atomic mass is 32.2. The first kappa shape index (κ1) is 27.1. The molecule has 0 aliphatic carbocycles. The minimum absolute atomic E-state index is 0.118. The molecule has 3 atom stereocenters. The maximum atomic E-state index is 14.0. The van der Waals surface area contributed by atoms with E-state index in [4.69, 9.17) is 21.2 Å². The topological polar surface area (TPSA) is 110 Å². The Balaban J connectivity index is 1.34. The number of carboxylic acids is 1. The molecule has 2 heterocycles. The molecule has 200 valence electrons. The molecule has 0 radical (unpaired) electrons. The Bertz CT molecular complexity index is 1300. The van der Waals surface area contributed by atoms with Crippen LogP contribution < -0.4 is 14.8 Å². The molecule has 38 heavy (non-hydrogen) atoms. The van der Waals surface area contributed by atoms with E-state index in [1.54, 1.807) is 18.2 Å². The summed E-state index contributed by atoms with van der Waals surface area (Å²) in [6.07, 6.45) is -1.57.